The van der Waals surface area contributed by atoms with Crippen molar-refractivity contribution in [3.63, 3.8) is 0 Å². The molecule has 118 valence electrons. The van der Waals surface area contributed by atoms with Crippen LogP contribution < -0.4 is 15.8 Å². The molecule has 3 rings (SSSR count). The van der Waals surface area contributed by atoms with Gasteiger partial charge in [-0.25, -0.2) is 8.78 Å². The minimum absolute atomic E-state index is 0.0503. The number of rotatable bonds is 4. The van der Waals surface area contributed by atoms with Gasteiger partial charge in [-0.1, -0.05) is 12.2 Å². The summed E-state index contributed by atoms with van der Waals surface area (Å²) in [5, 5.41) is 4.81. The smallest absolute Gasteiger partial charge is 0.168 e. The SMILES string of the molecule is NCCC1=CN[C@@H](C=S)N1C1COc2c(F)cc(F)cc2C1. The summed E-state index contributed by atoms with van der Waals surface area (Å²) in [6.07, 6.45) is 2.95. The molecule has 0 aromatic heterocycles. The third-order valence-corrected chi connectivity index (χ3v) is 4.19. The number of ether oxygens (including phenoxy) is 1. The molecular weight excluding hydrogens is 308 g/mol. The van der Waals surface area contributed by atoms with Crippen LogP contribution in [0.2, 0.25) is 0 Å². The molecular formula is C15H17F2N3OS. The van der Waals surface area contributed by atoms with E-state index in [1.807, 2.05) is 6.20 Å². The van der Waals surface area contributed by atoms with E-state index in [0.29, 0.717) is 31.6 Å². The Morgan fingerprint density at radius 3 is 3.00 bits per heavy atom. The van der Waals surface area contributed by atoms with Crippen molar-refractivity contribution in [3.8, 4) is 5.75 Å². The molecule has 1 aromatic rings. The van der Waals surface area contributed by atoms with E-state index in [0.717, 1.165) is 11.8 Å². The number of nitrogens with one attached hydrogen (secondary N) is 1. The highest BCUT2D eigenvalue weighted by atomic mass is 32.1. The van der Waals surface area contributed by atoms with Crippen LogP contribution in [0.1, 0.15) is 12.0 Å². The Labute approximate surface area is 132 Å². The van der Waals surface area contributed by atoms with Crippen LogP contribution in [0, 0.1) is 11.6 Å². The maximum atomic E-state index is 13.7. The summed E-state index contributed by atoms with van der Waals surface area (Å²) >= 11 is 5.06. The van der Waals surface area contributed by atoms with E-state index in [2.05, 4.69) is 10.2 Å². The third kappa shape index (κ3) is 2.66. The lowest BCUT2D eigenvalue weighted by Crippen LogP contribution is -2.49. The molecule has 0 spiro atoms. The van der Waals surface area contributed by atoms with Crippen LogP contribution in [-0.4, -0.2) is 35.6 Å². The van der Waals surface area contributed by atoms with Gasteiger partial charge in [0.15, 0.2) is 11.6 Å². The zero-order valence-corrected chi connectivity index (χ0v) is 12.7. The monoisotopic (exact) mass is 325 g/mol. The summed E-state index contributed by atoms with van der Waals surface area (Å²) in [7, 11) is 0. The van der Waals surface area contributed by atoms with Crippen LogP contribution in [0.4, 0.5) is 8.78 Å². The summed E-state index contributed by atoms with van der Waals surface area (Å²) in [5.74, 6) is -1.10. The number of thiocarbonyl (C=S) groups is 1. The first-order valence-electron chi connectivity index (χ1n) is 7.13. The fourth-order valence-electron chi connectivity index (χ4n) is 3.03. The van der Waals surface area contributed by atoms with E-state index in [1.165, 1.54) is 6.07 Å². The summed E-state index contributed by atoms with van der Waals surface area (Å²) in [6.45, 7) is 0.834. The standard InChI is InChI=1S/C15H17F2N3OS/c16-10-3-9-4-12(7-21-15(9)13(17)5-10)20-11(1-2-18)6-19-14(20)8-22/h3,5-6,8,12,14,19H,1-2,4,7,18H2/t12?,14-/m1/s1. The molecule has 2 heterocycles. The molecule has 0 aliphatic carbocycles. The minimum Gasteiger partial charge on any atom is -0.488 e. The summed E-state index contributed by atoms with van der Waals surface area (Å²) in [6, 6.07) is 2.12. The van der Waals surface area contributed by atoms with Gasteiger partial charge in [0.2, 0.25) is 0 Å². The Morgan fingerprint density at radius 1 is 1.45 bits per heavy atom. The molecule has 0 radical (unpaired) electrons. The van der Waals surface area contributed by atoms with Gasteiger partial charge in [0.25, 0.3) is 0 Å². The number of fused-ring (bicyclic) bond motifs is 1. The number of nitrogens with two attached hydrogens (primary N) is 1. The highest BCUT2D eigenvalue weighted by molar-refractivity contribution is 7.79. The van der Waals surface area contributed by atoms with E-state index in [4.69, 9.17) is 22.7 Å². The first kappa shape index (κ1) is 15.2. The van der Waals surface area contributed by atoms with Gasteiger partial charge in [-0.3, -0.25) is 0 Å². The second-order valence-corrected chi connectivity index (χ2v) is 5.65. The third-order valence-electron chi connectivity index (χ3n) is 3.94. The molecule has 3 N–H and O–H groups in total. The Balaban J connectivity index is 1.86. The summed E-state index contributed by atoms with van der Waals surface area (Å²) in [4.78, 5) is 2.09. The zero-order chi connectivity index (χ0) is 15.7. The first-order chi connectivity index (χ1) is 10.6. The zero-order valence-electron chi connectivity index (χ0n) is 11.9. The Bertz CT molecular complexity index is 623. The van der Waals surface area contributed by atoms with Crippen molar-refractivity contribution in [1.82, 2.24) is 10.2 Å². The minimum atomic E-state index is -0.655. The molecule has 2 atom stereocenters. The fraction of sp³-hybridized carbons (Fsp3) is 0.400. The van der Waals surface area contributed by atoms with E-state index in [1.54, 1.807) is 5.37 Å². The number of benzene rings is 1. The molecule has 1 aromatic carbocycles. The Morgan fingerprint density at radius 2 is 2.27 bits per heavy atom. The van der Waals surface area contributed by atoms with Crippen molar-refractivity contribution in [1.29, 1.82) is 0 Å². The van der Waals surface area contributed by atoms with Gasteiger partial charge in [-0.05, 0) is 19.0 Å². The molecule has 0 fully saturated rings. The van der Waals surface area contributed by atoms with Crippen LogP contribution in [0.5, 0.6) is 5.75 Å². The van der Waals surface area contributed by atoms with Crippen molar-refractivity contribution in [2.24, 2.45) is 5.73 Å². The van der Waals surface area contributed by atoms with E-state index < -0.39 is 11.6 Å². The maximum Gasteiger partial charge on any atom is 0.168 e. The Hall–Kier alpha value is -1.73. The van der Waals surface area contributed by atoms with Gasteiger partial charge in [0.1, 0.15) is 18.6 Å². The number of nitrogens with zero attached hydrogens (tertiary/aromatic N) is 1. The van der Waals surface area contributed by atoms with E-state index >= 15 is 0 Å². The Kier molecular flexibility index (Phi) is 4.26. The van der Waals surface area contributed by atoms with E-state index in [9.17, 15) is 8.78 Å². The number of hydrogen-bond acceptors (Lipinski definition) is 5. The molecule has 0 saturated carbocycles. The van der Waals surface area contributed by atoms with E-state index in [-0.39, 0.29) is 18.0 Å². The predicted octanol–water partition coefficient (Wildman–Crippen LogP) is 1.69. The predicted molar refractivity (Wildman–Crippen MR) is 83.5 cm³/mol. The lowest BCUT2D eigenvalue weighted by atomic mass is 10.00. The van der Waals surface area contributed by atoms with Gasteiger partial charge in [0.05, 0.1) is 6.04 Å². The van der Waals surface area contributed by atoms with Crippen molar-refractivity contribution in [3.05, 3.63) is 41.2 Å². The van der Waals surface area contributed by atoms with Gasteiger partial charge in [-0.2, -0.15) is 0 Å². The van der Waals surface area contributed by atoms with Crippen LogP contribution in [0.25, 0.3) is 0 Å². The normalized spacial score (nSPS) is 23.4. The quantitative estimate of drug-likeness (QED) is 0.825. The molecule has 0 saturated heterocycles. The highest BCUT2D eigenvalue weighted by Crippen LogP contribution is 2.33. The first-order valence-corrected chi connectivity index (χ1v) is 7.60. The van der Waals surface area contributed by atoms with Crippen molar-refractivity contribution >= 4 is 17.6 Å². The average Bonchev–Trinajstić information content (AvgIpc) is 2.89. The van der Waals surface area contributed by atoms with Crippen LogP contribution in [0.15, 0.2) is 24.0 Å². The number of hydrogen-bond donors (Lipinski definition) is 2. The molecule has 0 amide bonds. The highest BCUT2D eigenvalue weighted by Gasteiger charge is 2.34. The van der Waals surface area contributed by atoms with Crippen molar-refractivity contribution in [2.75, 3.05) is 13.2 Å². The topological polar surface area (TPSA) is 50.5 Å². The maximum absolute atomic E-state index is 13.7. The van der Waals surface area contributed by atoms with Crippen LogP contribution >= 0.6 is 12.2 Å². The molecule has 2 aliphatic rings. The molecule has 1 unspecified atom stereocenters. The second kappa shape index (κ2) is 6.18. The fourth-order valence-corrected chi connectivity index (χ4v) is 3.24. The molecule has 7 heteroatoms. The lowest BCUT2D eigenvalue weighted by molar-refractivity contribution is 0.133. The van der Waals surface area contributed by atoms with Gasteiger partial charge >= 0.3 is 0 Å². The molecule has 0 bridgehead atoms. The second-order valence-electron chi connectivity index (χ2n) is 5.37. The summed E-state index contributed by atoms with van der Waals surface area (Å²) < 4.78 is 32.7. The van der Waals surface area contributed by atoms with Gasteiger partial charge < -0.3 is 20.7 Å². The number of halogens is 2. The lowest BCUT2D eigenvalue weighted by Gasteiger charge is -2.38. The molecule has 2 aliphatic heterocycles. The largest absolute Gasteiger partial charge is 0.488 e. The van der Waals surface area contributed by atoms with Crippen LogP contribution in [-0.2, 0) is 6.42 Å². The molecule has 4 nitrogen and oxygen atoms in total. The van der Waals surface area contributed by atoms with Gasteiger partial charge in [-0.15, -0.1) is 0 Å². The van der Waals surface area contributed by atoms with Crippen LogP contribution in [0.3, 0.4) is 0 Å². The van der Waals surface area contributed by atoms with Crippen molar-refractivity contribution < 1.29 is 13.5 Å². The summed E-state index contributed by atoms with van der Waals surface area (Å²) in [5.41, 5.74) is 7.21. The average molecular weight is 325 g/mol. The van der Waals surface area contributed by atoms with Gasteiger partial charge in [0, 0.05) is 35.3 Å². The van der Waals surface area contributed by atoms with Crippen molar-refractivity contribution in [2.45, 2.75) is 25.0 Å². The molecule has 22 heavy (non-hydrogen) atoms.